The van der Waals surface area contributed by atoms with E-state index in [0.717, 1.165) is 33.4 Å². The van der Waals surface area contributed by atoms with Crippen LogP contribution in [0.3, 0.4) is 0 Å². The topological polar surface area (TPSA) is 27.1 Å². The van der Waals surface area contributed by atoms with Crippen molar-refractivity contribution in [1.29, 1.82) is 0 Å². The SMILES string of the molecule is Fc1ccc2c(c1)Oc1cccc3c4cccnc4n-2c13. The lowest BCUT2D eigenvalue weighted by Crippen LogP contribution is -2.04. The molecule has 3 nitrogen and oxygen atoms in total. The molecule has 0 unspecified atom stereocenters. The minimum Gasteiger partial charge on any atom is -0.453 e. The van der Waals surface area contributed by atoms with Gasteiger partial charge >= 0.3 is 0 Å². The predicted molar refractivity (Wildman–Crippen MR) is 78.6 cm³/mol. The first-order chi connectivity index (χ1) is 10.3. The number of fused-ring (bicyclic) bond motifs is 5. The maximum absolute atomic E-state index is 13.5. The Labute approximate surface area is 119 Å². The van der Waals surface area contributed by atoms with Gasteiger partial charge in [0, 0.05) is 23.0 Å². The fourth-order valence-corrected chi connectivity index (χ4v) is 3.05. The molecular formula is C17H9FN2O. The van der Waals surface area contributed by atoms with Crippen LogP contribution in [-0.2, 0) is 0 Å². The van der Waals surface area contributed by atoms with Gasteiger partial charge in [-0.1, -0.05) is 12.1 Å². The van der Waals surface area contributed by atoms with E-state index < -0.39 is 0 Å². The van der Waals surface area contributed by atoms with E-state index in [9.17, 15) is 4.39 Å². The summed E-state index contributed by atoms with van der Waals surface area (Å²) in [5, 5.41) is 2.15. The molecule has 0 N–H and O–H groups in total. The van der Waals surface area contributed by atoms with Crippen molar-refractivity contribution in [3.8, 4) is 17.2 Å². The van der Waals surface area contributed by atoms with Crippen LogP contribution in [-0.4, -0.2) is 9.55 Å². The van der Waals surface area contributed by atoms with Gasteiger partial charge in [0.2, 0.25) is 0 Å². The van der Waals surface area contributed by atoms with Crippen molar-refractivity contribution in [3.63, 3.8) is 0 Å². The van der Waals surface area contributed by atoms with Crippen molar-refractivity contribution < 1.29 is 9.13 Å². The van der Waals surface area contributed by atoms with Crippen LogP contribution < -0.4 is 4.74 Å². The molecule has 0 atom stereocenters. The number of hydrogen-bond donors (Lipinski definition) is 0. The summed E-state index contributed by atoms with van der Waals surface area (Å²) in [6, 6.07) is 14.4. The van der Waals surface area contributed by atoms with Gasteiger partial charge in [0.25, 0.3) is 0 Å². The Morgan fingerprint density at radius 3 is 2.81 bits per heavy atom. The van der Waals surface area contributed by atoms with Crippen LogP contribution in [0.15, 0.2) is 54.7 Å². The van der Waals surface area contributed by atoms with Crippen molar-refractivity contribution in [2.75, 3.05) is 0 Å². The van der Waals surface area contributed by atoms with Crippen molar-refractivity contribution >= 4 is 21.9 Å². The van der Waals surface area contributed by atoms with Crippen molar-refractivity contribution in [2.45, 2.75) is 0 Å². The van der Waals surface area contributed by atoms with Crippen LogP contribution >= 0.6 is 0 Å². The van der Waals surface area contributed by atoms with Crippen LogP contribution in [0.1, 0.15) is 0 Å². The minimum atomic E-state index is -0.311. The summed E-state index contributed by atoms with van der Waals surface area (Å²) in [6.45, 7) is 0. The third kappa shape index (κ3) is 1.29. The molecule has 0 aliphatic carbocycles. The standard InChI is InChI=1S/C17H9FN2O/c18-10-6-7-13-15(9-10)21-14-5-1-3-11-12-4-2-8-19-17(12)20(13)16(11)14/h1-9H. The number of nitrogens with zero attached hydrogens (tertiary/aromatic N) is 2. The first-order valence-electron chi connectivity index (χ1n) is 6.69. The van der Waals surface area contributed by atoms with E-state index in [1.165, 1.54) is 12.1 Å². The van der Waals surface area contributed by atoms with Crippen molar-refractivity contribution in [3.05, 3.63) is 60.5 Å². The Hall–Kier alpha value is -2.88. The van der Waals surface area contributed by atoms with Crippen LogP contribution in [0.2, 0.25) is 0 Å². The number of halogens is 1. The van der Waals surface area contributed by atoms with Gasteiger partial charge in [-0.15, -0.1) is 0 Å². The minimum absolute atomic E-state index is 0.311. The quantitative estimate of drug-likeness (QED) is 0.418. The van der Waals surface area contributed by atoms with Gasteiger partial charge in [-0.3, -0.25) is 4.57 Å². The third-order valence-electron chi connectivity index (χ3n) is 3.89. The van der Waals surface area contributed by atoms with E-state index in [1.807, 2.05) is 28.8 Å². The van der Waals surface area contributed by atoms with Gasteiger partial charge in [-0.2, -0.15) is 0 Å². The van der Waals surface area contributed by atoms with Crippen LogP contribution in [0.4, 0.5) is 4.39 Å². The molecule has 3 heterocycles. The van der Waals surface area contributed by atoms with Gasteiger partial charge in [0.05, 0.1) is 11.2 Å². The number of hydrogen-bond acceptors (Lipinski definition) is 2. The molecule has 0 radical (unpaired) electrons. The van der Waals surface area contributed by atoms with Crippen LogP contribution in [0.25, 0.3) is 27.6 Å². The second-order valence-corrected chi connectivity index (χ2v) is 5.08. The lowest BCUT2D eigenvalue weighted by molar-refractivity contribution is 0.470. The van der Waals surface area contributed by atoms with E-state index in [0.29, 0.717) is 5.75 Å². The normalized spacial score (nSPS) is 12.4. The van der Waals surface area contributed by atoms with Crippen LogP contribution in [0.5, 0.6) is 11.5 Å². The molecule has 4 heteroatoms. The maximum atomic E-state index is 13.5. The summed E-state index contributed by atoms with van der Waals surface area (Å²) in [5.74, 6) is 0.926. The largest absolute Gasteiger partial charge is 0.453 e. The number of ether oxygens (including phenoxy) is 1. The zero-order chi connectivity index (χ0) is 14.0. The van der Waals surface area contributed by atoms with Crippen LogP contribution in [0, 0.1) is 5.82 Å². The highest BCUT2D eigenvalue weighted by molar-refractivity contribution is 6.10. The third-order valence-corrected chi connectivity index (χ3v) is 3.89. The Balaban J connectivity index is 2.07. The Kier molecular flexibility index (Phi) is 1.86. The Morgan fingerprint density at radius 1 is 0.952 bits per heavy atom. The average Bonchev–Trinajstić information content (AvgIpc) is 2.84. The number of rotatable bonds is 0. The molecule has 0 bridgehead atoms. The molecule has 0 spiro atoms. The monoisotopic (exact) mass is 276 g/mol. The zero-order valence-electron chi connectivity index (χ0n) is 10.9. The van der Waals surface area contributed by atoms with Gasteiger partial charge in [-0.25, -0.2) is 9.37 Å². The second kappa shape index (κ2) is 3.61. The molecule has 1 aliphatic rings. The number of para-hydroxylation sites is 1. The van der Waals surface area contributed by atoms with E-state index in [-0.39, 0.29) is 5.82 Å². The summed E-state index contributed by atoms with van der Waals surface area (Å²) in [7, 11) is 0. The average molecular weight is 276 g/mol. The van der Waals surface area contributed by atoms with Crippen molar-refractivity contribution in [1.82, 2.24) is 9.55 Å². The molecule has 100 valence electrons. The maximum Gasteiger partial charge on any atom is 0.154 e. The van der Waals surface area contributed by atoms with Gasteiger partial charge < -0.3 is 4.74 Å². The number of pyridine rings is 1. The summed E-state index contributed by atoms with van der Waals surface area (Å²) < 4.78 is 21.4. The number of benzene rings is 2. The molecular weight excluding hydrogens is 267 g/mol. The first kappa shape index (κ1) is 10.9. The fourth-order valence-electron chi connectivity index (χ4n) is 3.05. The summed E-state index contributed by atoms with van der Waals surface area (Å²) in [4.78, 5) is 4.50. The van der Waals surface area contributed by atoms with E-state index >= 15 is 0 Å². The van der Waals surface area contributed by atoms with E-state index in [4.69, 9.17) is 4.74 Å². The molecule has 0 fully saturated rings. The molecule has 0 saturated heterocycles. The molecule has 0 amide bonds. The molecule has 5 rings (SSSR count). The van der Waals surface area contributed by atoms with Gasteiger partial charge in [0.1, 0.15) is 11.5 Å². The summed E-state index contributed by atoms with van der Waals surface area (Å²) >= 11 is 0. The molecule has 4 aromatic rings. The van der Waals surface area contributed by atoms with Gasteiger partial charge in [0.15, 0.2) is 11.5 Å². The summed E-state index contributed by atoms with van der Waals surface area (Å²) in [5.41, 5.74) is 2.65. The van der Waals surface area contributed by atoms with E-state index in [2.05, 4.69) is 11.1 Å². The lowest BCUT2D eigenvalue weighted by Gasteiger charge is -2.20. The predicted octanol–water partition coefficient (Wildman–Crippen LogP) is 4.42. The fraction of sp³-hybridized carbons (Fsp3) is 0. The molecule has 2 aromatic carbocycles. The first-order valence-corrected chi connectivity index (χ1v) is 6.69. The highest BCUT2D eigenvalue weighted by atomic mass is 19.1. The van der Waals surface area contributed by atoms with E-state index in [1.54, 1.807) is 12.3 Å². The highest BCUT2D eigenvalue weighted by Crippen LogP contribution is 2.44. The Morgan fingerprint density at radius 2 is 1.86 bits per heavy atom. The smallest absolute Gasteiger partial charge is 0.154 e. The second-order valence-electron chi connectivity index (χ2n) is 5.08. The molecule has 21 heavy (non-hydrogen) atoms. The number of aromatic nitrogens is 2. The molecule has 0 saturated carbocycles. The summed E-state index contributed by atoms with van der Waals surface area (Å²) in [6.07, 6.45) is 1.77. The molecule has 2 aromatic heterocycles. The zero-order valence-corrected chi connectivity index (χ0v) is 10.9. The van der Waals surface area contributed by atoms with Crippen molar-refractivity contribution in [2.24, 2.45) is 0 Å². The Bertz CT molecular complexity index is 1040. The molecule has 1 aliphatic heterocycles. The lowest BCUT2D eigenvalue weighted by atomic mass is 10.1. The van der Waals surface area contributed by atoms with Gasteiger partial charge in [-0.05, 0) is 30.3 Å². The highest BCUT2D eigenvalue weighted by Gasteiger charge is 2.24.